The molecule has 1 aliphatic heterocycles. The van der Waals surface area contributed by atoms with Gasteiger partial charge in [-0.15, -0.1) is 11.8 Å². The summed E-state index contributed by atoms with van der Waals surface area (Å²) in [6, 6.07) is -1.02. The number of likely N-dealkylation sites (tertiary alicyclic amines) is 1. The normalized spacial score (nSPS) is 23.9. The number of hydrogen-bond donors (Lipinski definition) is 2. The zero-order valence-corrected chi connectivity index (χ0v) is 11.6. The summed E-state index contributed by atoms with van der Waals surface area (Å²) >= 11 is 1.14. The molecular formula is C13H16N2O4S. The van der Waals surface area contributed by atoms with Gasteiger partial charge >= 0.3 is 5.97 Å². The summed E-state index contributed by atoms with van der Waals surface area (Å²) in [5, 5.41) is 8.18. The molecule has 0 radical (unpaired) electrons. The van der Waals surface area contributed by atoms with Crippen molar-refractivity contribution < 1.29 is 19.5 Å². The maximum atomic E-state index is 12.2. The molecule has 6 nitrogen and oxygen atoms in total. The highest BCUT2D eigenvalue weighted by atomic mass is 32.2. The highest BCUT2D eigenvalue weighted by Gasteiger charge is 2.40. The van der Waals surface area contributed by atoms with E-state index in [0.717, 1.165) is 18.2 Å². The van der Waals surface area contributed by atoms with Crippen LogP contribution in [0.2, 0.25) is 0 Å². The van der Waals surface area contributed by atoms with E-state index in [2.05, 4.69) is 0 Å². The molecule has 0 aromatic carbocycles. The van der Waals surface area contributed by atoms with Crippen molar-refractivity contribution in [3.63, 3.8) is 0 Å². The Labute approximate surface area is 120 Å². The maximum Gasteiger partial charge on any atom is 0.321 e. The third-order valence-electron chi connectivity index (χ3n) is 3.18. The molecule has 20 heavy (non-hydrogen) atoms. The Kier molecular flexibility index (Phi) is 4.61. The van der Waals surface area contributed by atoms with E-state index in [9.17, 15) is 14.4 Å². The van der Waals surface area contributed by atoms with E-state index in [1.54, 1.807) is 6.08 Å². The average molecular weight is 296 g/mol. The molecule has 2 amide bonds. The molecule has 2 aliphatic rings. The third-order valence-corrected chi connectivity index (χ3v) is 4.50. The monoisotopic (exact) mass is 296 g/mol. The first-order chi connectivity index (χ1) is 9.50. The van der Waals surface area contributed by atoms with Crippen molar-refractivity contribution in [3.8, 4) is 0 Å². The summed E-state index contributed by atoms with van der Waals surface area (Å²) in [6.45, 7) is 0. The van der Waals surface area contributed by atoms with Gasteiger partial charge in [-0.05, 0) is 18.9 Å². The molecule has 0 bridgehead atoms. The minimum absolute atomic E-state index is 0.108. The lowest BCUT2D eigenvalue weighted by molar-refractivity contribution is -0.138. The van der Waals surface area contributed by atoms with Crippen LogP contribution in [-0.4, -0.2) is 44.8 Å². The summed E-state index contributed by atoms with van der Waals surface area (Å²) < 4.78 is 0. The van der Waals surface area contributed by atoms with Crippen LogP contribution in [0.25, 0.3) is 0 Å². The maximum absolute atomic E-state index is 12.2. The van der Waals surface area contributed by atoms with Crippen LogP contribution >= 0.6 is 11.8 Å². The van der Waals surface area contributed by atoms with E-state index < -0.39 is 17.3 Å². The van der Waals surface area contributed by atoms with Gasteiger partial charge in [0.1, 0.15) is 6.04 Å². The van der Waals surface area contributed by atoms with Crippen molar-refractivity contribution in [2.75, 3.05) is 5.75 Å². The second-order valence-corrected chi connectivity index (χ2v) is 5.90. The van der Waals surface area contributed by atoms with Crippen LogP contribution in [0.3, 0.4) is 0 Å². The van der Waals surface area contributed by atoms with E-state index in [0.29, 0.717) is 12.1 Å². The highest BCUT2D eigenvalue weighted by molar-refractivity contribution is 8.00. The van der Waals surface area contributed by atoms with Crippen LogP contribution in [-0.2, 0) is 14.4 Å². The minimum atomic E-state index is -1.11. The van der Waals surface area contributed by atoms with E-state index in [1.807, 2.05) is 12.2 Å². The fraction of sp³-hybridized carbons (Fsp3) is 0.462. The molecule has 2 atom stereocenters. The summed E-state index contributed by atoms with van der Waals surface area (Å²) in [6.07, 6.45) is 7.17. The summed E-state index contributed by atoms with van der Waals surface area (Å²) in [7, 11) is 0. The first-order valence-corrected chi connectivity index (χ1v) is 7.38. The fourth-order valence-corrected chi connectivity index (χ4v) is 3.19. The van der Waals surface area contributed by atoms with Gasteiger partial charge < -0.3 is 10.8 Å². The van der Waals surface area contributed by atoms with Gasteiger partial charge in [-0.3, -0.25) is 19.3 Å². The fourth-order valence-electron chi connectivity index (χ4n) is 2.10. The Hall–Kier alpha value is -1.60. The number of carbonyl (C=O) groups excluding carboxylic acids is 2. The van der Waals surface area contributed by atoms with Gasteiger partial charge in [0.15, 0.2) is 0 Å². The summed E-state index contributed by atoms with van der Waals surface area (Å²) in [5.74, 6) is -1.48. The predicted octanol–water partition coefficient (Wildman–Crippen LogP) is 0.493. The Morgan fingerprint density at radius 3 is 2.90 bits per heavy atom. The molecule has 0 aromatic rings. The number of hydrogen-bond acceptors (Lipinski definition) is 5. The second-order valence-electron chi connectivity index (χ2n) is 4.66. The number of imide groups is 1. The first kappa shape index (κ1) is 14.8. The predicted molar refractivity (Wildman–Crippen MR) is 74.8 cm³/mol. The van der Waals surface area contributed by atoms with Crippen molar-refractivity contribution >= 4 is 29.5 Å². The number of carbonyl (C=O) groups is 3. The van der Waals surface area contributed by atoms with Crippen LogP contribution < -0.4 is 5.73 Å². The summed E-state index contributed by atoms with van der Waals surface area (Å²) in [4.78, 5) is 36.1. The summed E-state index contributed by atoms with van der Waals surface area (Å²) in [5.41, 5.74) is 6.12. The Morgan fingerprint density at radius 2 is 2.30 bits per heavy atom. The average Bonchev–Trinajstić information content (AvgIpc) is 2.71. The van der Waals surface area contributed by atoms with Crippen LogP contribution in [0, 0.1) is 0 Å². The van der Waals surface area contributed by atoms with Crippen LogP contribution in [0.1, 0.15) is 19.3 Å². The molecule has 0 saturated carbocycles. The number of carboxylic acid groups (broad SMARTS) is 1. The topological polar surface area (TPSA) is 101 Å². The van der Waals surface area contributed by atoms with E-state index in [4.69, 9.17) is 10.8 Å². The largest absolute Gasteiger partial charge is 0.480 e. The van der Waals surface area contributed by atoms with Crippen LogP contribution in [0.4, 0.5) is 0 Å². The van der Waals surface area contributed by atoms with Crippen LogP contribution in [0.15, 0.2) is 23.9 Å². The highest BCUT2D eigenvalue weighted by Crippen LogP contribution is 2.30. The van der Waals surface area contributed by atoms with Crippen LogP contribution in [0.5, 0.6) is 0 Å². The van der Waals surface area contributed by atoms with Gasteiger partial charge in [0, 0.05) is 17.9 Å². The SMILES string of the molecule is NC(CSC1CC(=O)N(C2=CC=CCC2)C1=O)C(=O)O. The van der Waals surface area contributed by atoms with Crippen molar-refractivity contribution in [3.05, 3.63) is 23.9 Å². The Balaban J connectivity index is 2.00. The van der Waals surface area contributed by atoms with Gasteiger partial charge in [0.2, 0.25) is 11.8 Å². The lowest BCUT2D eigenvalue weighted by atomic mass is 10.1. The van der Waals surface area contributed by atoms with Gasteiger partial charge in [0.05, 0.1) is 5.25 Å². The van der Waals surface area contributed by atoms with Gasteiger partial charge in [-0.1, -0.05) is 12.2 Å². The minimum Gasteiger partial charge on any atom is -0.480 e. The molecule has 7 heteroatoms. The second kappa shape index (κ2) is 6.23. The Morgan fingerprint density at radius 1 is 1.55 bits per heavy atom. The van der Waals surface area contributed by atoms with Crippen molar-refractivity contribution in [2.24, 2.45) is 5.73 Å². The van der Waals surface area contributed by atoms with Crippen molar-refractivity contribution in [1.82, 2.24) is 4.90 Å². The number of amides is 2. The number of thioether (sulfide) groups is 1. The quantitative estimate of drug-likeness (QED) is 0.716. The molecule has 2 rings (SSSR count). The number of nitrogens with zero attached hydrogens (tertiary/aromatic N) is 1. The molecule has 0 aromatic heterocycles. The molecule has 108 valence electrons. The molecule has 1 heterocycles. The lowest BCUT2D eigenvalue weighted by Gasteiger charge is -2.19. The molecule has 1 fully saturated rings. The van der Waals surface area contributed by atoms with Gasteiger partial charge in [-0.2, -0.15) is 0 Å². The Bertz CT molecular complexity index is 501. The first-order valence-electron chi connectivity index (χ1n) is 6.33. The van der Waals surface area contributed by atoms with E-state index in [1.165, 1.54) is 4.90 Å². The smallest absolute Gasteiger partial charge is 0.321 e. The van der Waals surface area contributed by atoms with Gasteiger partial charge in [-0.25, -0.2) is 0 Å². The van der Waals surface area contributed by atoms with Gasteiger partial charge in [0.25, 0.3) is 0 Å². The van der Waals surface area contributed by atoms with Crippen molar-refractivity contribution in [1.29, 1.82) is 0 Å². The van der Waals surface area contributed by atoms with E-state index in [-0.39, 0.29) is 24.0 Å². The number of carboxylic acids is 1. The lowest BCUT2D eigenvalue weighted by Crippen LogP contribution is -2.34. The zero-order valence-electron chi connectivity index (χ0n) is 10.8. The molecule has 0 spiro atoms. The molecular weight excluding hydrogens is 280 g/mol. The number of aliphatic carboxylic acids is 1. The molecule has 3 N–H and O–H groups in total. The number of allylic oxidation sites excluding steroid dienone is 4. The van der Waals surface area contributed by atoms with Crippen molar-refractivity contribution in [2.45, 2.75) is 30.6 Å². The molecule has 1 aliphatic carbocycles. The molecule has 2 unspecified atom stereocenters. The van der Waals surface area contributed by atoms with E-state index >= 15 is 0 Å². The number of nitrogens with two attached hydrogens (primary N) is 1. The zero-order chi connectivity index (χ0) is 14.7. The number of rotatable bonds is 5. The standard InChI is InChI=1S/C13H16N2O4S/c14-9(13(18)19)7-20-10-6-11(16)15(12(10)17)8-4-2-1-3-5-8/h1-2,4,9-10H,3,5-7,14H2,(H,18,19). The molecule has 1 saturated heterocycles. The third kappa shape index (κ3) is 3.10.